The van der Waals surface area contributed by atoms with Gasteiger partial charge in [0.15, 0.2) is 0 Å². The third-order valence-electron chi connectivity index (χ3n) is 6.62. The molecular formula is C26H22N2. The van der Waals surface area contributed by atoms with Crippen LogP contribution in [0.3, 0.4) is 0 Å². The molecule has 2 aromatic carbocycles. The Balaban J connectivity index is 1.63. The fourth-order valence-corrected chi connectivity index (χ4v) is 5.18. The van der Waals surface area contributed by atoms with Crippen molar-refractivity contribution < 1.29 is 0 Å². The Morgan fingerprint density at radius 2 is 1.89 bits per heavy atom. The minimum atomic E-state index is 0.0401. The lowest BCUT2D eigenvalue weighted by molar-refractivity contribution is 0.661. The highest BCUT2D eigenvalue weighted by Gasteiger charge is 2.36. The van der Waals surface area contributed by atoms with Crippen molar-refractivity contribution in [3.8, 4) is 11.1 Å². The summed E-state index contributed by atoms with van der Waals surface area (Å²) in [5.41, 5.74) is 9.46. The Morgan fingerprint density at radius 3 is 2.82 bits per heavy atom. The zero-order valence-electron chi connectivity index (χ0n) is 16.2. The number of aliphatic imine (C=N–C) groups is 1. The Bertz CT molecular complexity index is 1260. The molecule has 2 heterocycles. The van der Waals surface area contributed by atoms with Crippen LogP contribution in [0.15, 0.2) is 83.5 Å². The summed E-state index contributed by atoms with van der Waals surface area (Å²) < 4.78 is 2.32. The quantitative estimate of drug-likeness (QED) is 0.506. The summed E-state index contributed by atoms with van der Waals surface area (Å²) in [5, 5.41) is 1.33. The molecule has 2 heteroatoms. The van der Waals surface area contributed by atoms with Gasteiger partial charge in [0.25, 0.3) is 0 Å². The van der Waals surface area contributed by atoms with Crippen molar-refractivity contribution >= 4 is 22.8 Å². The Labute approximate surface area is 165 Å². The lowest BCUT2D eigenvalue weighted by Crippen LogP contribution is -2.16. The van der Waals surface area contributed by atoms with E-state index in [9.17, 15) is 0 Å². The van der Waals surface area contributed by atoms with Crippen LogP contribution in [0.5, 0.6) is 0 Å². The molecule has 6 rings (SSSR count). The molecule has 0 spiro atoms. The van der Waals surface area contributed by atoms with Crippen LogP contribution >= 0.6 is 0 Å². The second kappa shape index (κ2) is 5.45. The Kier molecular flexibility index (Phi) is 3.09. The number of dihydropyridines is 1. The predicted octanol–water partition coefficient (Wildman–Crippen LogP) is 5.99. The normalized spacial score (nSPS) is 21.1. The van der Waals surface area contributed by atoms with E-state index in [0.29, 0.717) is 5.92 Å². The summed E-state index contributed by atoms with van der Waals surface area (Å²) in [6, 6.07) is 15.8. The molecule has 28 heavy (non-hydrogen) atoms. The predicted molar refractivity (Wildman–Crippen MR) is 118 cm³/mol. The zero-order chi connectivity index (χ0) is 18.9. The number of hydrogen-bond donors (Lipinski definition) is 0. The molecule has 0 fully saturated rings. The Hall–Kier alpha value is -3.13. The van der Waals surface area contributed by atoms with E-state index in [1.54, 1.807) is 0 Å². The molecule has 0 saturated carbocycles. The van der Waals surface area contributed by atoms with Crippen LogP contribution in [0.4, 0.5) is 0 Å². The van der Waals surface area contributed by atoms with Crippen molar-refractivity contribution in [3.05, 3.63) is 89.7 Å². The molecule has 2 aliphatic carbocycles. The van der Waals surface area contributed by atoms with Gasteiger partial charge in [0, 0.05) is 35.7 Å². The van der Waals surface area contributed by atoms with Crippen LogP contribution in [0.1, 0.15) is 25.0 Å². The summed E-state index contributed by atoms with van der Waals surface area (Å²) in [4.78, 5) is 4.65. The topological polar surface area (TPSA) is 17.3 Å². The fraction of sp³-hybridized carbons (Fsp3) is 0.192. The van der Waals surface area contributed by atoms with E-state index in [-0.39, 0.29) is 5.41 Å². The first-order chi connectivity index (χ1) is 13.7. The largest absolute Gasteiger partial charge is 0.315 e. The number of aromatic nitrogens is 1. The van der Waals surface area contributed by atoms with Gasteiger partial charge in [-0.1, -0.05) is 68.5 Å². The molecule has 1 aliphatic heterocycles. The van der Waals surface area contributed by atoms with Gasteiger partial charge in [0.05, 0.1) is 11.2 Å². The molecule has 1 aromatic heterocycles. The molecular weight excluding hydrogens is 340 g/mol. The van der Waals surface area contributed by atoms with Gasteiger partial charge in [-0.15, -0.1) is 0 Å². The second-order valence-electron chi connectivity index (χ2n) is 8.46. The SMILES string of the molecule is CC1(C)c2ccccc2-c2c1ccc1c2ccn1C1=C2C=CC=CC2CN=C1. The molecule has 0 radical (unpaired) electrons. The van der Waals surface area contributed by atoms with E-state index in [2.05, 4.69) is 96.4 Å². The number of benzene rings is 2. The van der Waals surface area contributed by atoms with E-state index in [1.165, 1.54) is 44.4 Å². The summed E-state index contributed by atoms with van der Waals surface area (Å²) in [5.74, 6) is 0.386. The number of allylic oxidation sites excluding steroid dienone is 4. The summed E-state index contributed by atoms with van der Waals surface area (Å²) in [6.07, 6.45) is 13.0. The van der Waals surface area contributed by atoms with Crippen molar-refractivity contribution in [1.29, 1.82) is 0 Å². The third-order valence-corrected chi connectivity index (χ3v) is 6.62. The highest BCUT2D eigenvalue weighted by Crippen LogP contribution is 2.51. The first-order valence-electron chi connectivity index (χ1n) is 10.00. The van der Waals surface area contributed by atoms with E-state index in [1.807, 2.05) is 6.21 Å². The molecule has 0 amide bonds. The van der Waals surface area contributed by atoms with Gasteiger partial charge in [-0.3, -0.25) is 4.99 Å². The maximum absolute atomic E-state index is 4.65. The number of fused-ring (bicyclic) bond motifs is 6. The van der Waals surface area contributed by atoms with Crippen LogP contribution < -0.4 is 0 Å². The third kappa shape index (κ3) is 1.95. The highest BCUT2D eigenvalue weighted by atomic mass is 15.0. The van der Waals surface area contributed by atoms with E-state index in [0.717, 1.165) is 6.54 Å². The van der Waals surface area contributed by atoms with Crippen molar-refractivity contribution in [2.75, 3.05) is 6.54 Å². The second-order valence-corrected chi connectivity index (χ2v) is 8.46. The van der Waals surface area contributed by atoms with Gasteiger partial charge >= 0.3 is 0 Å². The first kappa shape index (κ1) is 15.9. The molecule has 3 aromatic rings. The summed E-state index contributed by atoms with van der Waals surface area (Å²) >= 11 is 0. The van der Waals surface area contributed by atoms with Gasteiger partial charge < -0.3 is 4.57 Å². The molecule has 0 N–H and O–H groups in total. The van der Waals surface area contributed by atoms with Crippen molar-refractivity contribution in [2.24, 2.45) is 10.9 Å². The number of rotatable bonds is 1. The zero-order valence-corrected chi connectivity index (χ0v) is 16.2. The van der Waals surface area contributed by atoms with Gasteiger partial charge in [0.1, 0.15) is 0 Å². The average Bonchev–Trinajstić information content (AvgIpc) is 3.25. The molecule has 0 bridgehead atoms. The summed E-state index contributed by atoms with van der Waals surface area (Å²) in [6.45, 7) is 5.52. The van der Waals surface area contributed by atoms with Crippen LogP contribution in [0.25, 0.3) is 27.7 Å². The smallest absolute Gasteiger partial charge is 0.0673 e. The summed E-state index contributed by atoms with van der Waals surface area (Å²) in [7, 11) is 0. The fourth-order valence-electron chi connectivity index (χ4n) is 5.18. The molecule has 0 saturated heterocycles. The molecule has 1 unspecified atom stereocenters. The minimum absolute atomic E-state index is 0.0401. The first-order valence-corrected chi connectivity index (χ1v) is 10.00. The maximum atomic E-state index is 4.65. The van der Waals surface area contributed by atoms with Crippen LogP contribution in [0, 0.1) is 5.92 Å². The van der Waals surface area contributed by atoms with Crippen LogP contribution in [0.2, 0.25) is 0 Å². The molecule has 136 valence electrons. The monoisotopic (exact) mass is 362 g/mol. The standard InChI is InChI=1S/C26H22N2/c1-26(2)21-10-6-5-9-19(21)25-20-13-14-28(23(20)12-11-22(25)26)24-16-27-15-17-7-3-4-8-18(17)24/h3-14,16-17H,15H2,1-2H3. The molecule has 3 aliphatic rings. The van der Waals surface area contributed by atoms with Gasteiger partial charge in [-0.2, -0.15) is 0 Å². The highest BCUT2D eigenvalue weighted by molar-refractivity contribution is 6.10. The molecule has 2 nitrogen and oxygen atoms in total. The van der Waals surface area contributed by atoms with Crippen molar-refractivity contribution in [2.45, 2.75) is 19.3 Å². The minimum Gasteiger partial charge on any atom is -0.315 e. The van der Waals surface area contributed by atoms with E-state index < -0.39 is 0 Å². The number of hydrogen-bond acceptors (Lipinski definition) is 1. The lowest BCUT2D eigenvalue weighted by Gasteiger charge is -2.23. The number of nitrogens with zero attached hydrogens (tertiary/aromatic N) is 2. The van der Waals surface area contributed by atoms with Crippen LogP contribution in [-0.2, 0) is 5.41 Å². The van der Waals surface area contributed by atoms with E-state index in [4.69, 9.17) is 0 Å². The van der Waals surface area contributed by atoms with E-state index >= 15 is 0 Å². The van der Waals surface area contributed by atoms with Gasteiger partial charge in [-0.25, -0.2) is 0 Å². The Morgan fingerprint density at radius 1 is 1.00 bits per heavy atom. The molecule has 1 atom stereocenters. The van der Waals surface area contributed by atoms with Crippen molar-refractivity contribution in [1.82, 2.24) is 4.57 Å². The lowest BCUT2D eigenvalue weighted by atomic mass is 9.82. The van der Waals surface area contributed by atoms with Gasteiger partial charge in [0.2, 0.25) is 0 Å². The van der Waals surface area contributed by atoms with Crippen LogP contribution in [-0.4, -0.2) is 17.3 Å². The average molecular weight is 362 g/mol. The van der Waals surface area contributed by atoms with Crippen molar-refractivity contribution in [3.63, 3.8) is 0 Å². The van der Waals surface area contributed by atoms with Gasteiger partial charge in [-0.05, 0) is 40.0 Å². The maximum Gasteiger partial charge on any atom is 0.0673 e.